The third-order valence-corrected chi connectivity index (χ3v) is 2.60. The zero-order chi connectivity index (χ0) is 11.6. The summed E-state index contributed by atoms with van der Waals surface area (Å²) in [5.74, 6) is -0.561. The van der Waals surface area contributed by atoms with E-state index in [2.05, 4.69) is 17.4 Å². The molecule has 0 saturated heterocycles. The molecule has 0 atom stereocenters. The Morgan fingerprint density at radius 2 is 2.00 bits per heavy atom. The van der Waals surface area contributed by atoms with Gasteiger partial charge in [0.1, 0.15) is 0 Å². The summed E-state index contributed by atoms with van der Waals surface area (Å²) in [5.41, 5.74) is 1.07. The van der Waals surface area contributed by atoms with Crippen LogP contribution < -0.4 is 0 Å². The second kappa shape index (κ2) is 4.68. The smallest absolute Gasteiger partial charge is 0.339 e. The molecule has 1 aromatic carbocycles. The maximum absolute atomic E-state index is 11.4. The van der Waals surface area contributed by atoms with Gasteiger partial charge in [0.25, 0.3) is 0 Å². The van der Waals surface area contributed by atoms with Gasteiger partial charge < -0.3 is 4.74 Å². The molecule has 3 nitrogen and oxygen atoms in total. The van der Waals surface area contributed by atoms with E-state index in [0.29, 0.717) is 5.56 Å². The fraction of sp³-hybridized carbons (Fsp3) is 0.200. The molecule has 15 heavy (non-hydrogen) atoms. The van der Waals surface area contributed by atoms with E-state index in [1.807, 2.05) is 0 Å². The molecular formula is C10H9ClO3S. The van der Waals surface area contributed by atoms with Crippen LogP contribution in [0.3, 0.4) is 0 Å². The summed E-state index contributed by atoms with van der Waals surface area (Å²) in [6.45, 7) is 1.71. The van der Waals surface area contributed by atoms with E-state index < -0.39 is 11.1 Å². The predicted molar refractivity (Wildman–Crippen MR) is 60.8 cm³/mol. The third kappa shape index (κ3) is 2.33. The first kappa shape index (κ1) is 12.1. The van der Waals surface area contributed by atoms with Crippen molar-refractivity contribution in [3.05, 3.63) is 33.8 Å². The lowest BCUT2D eigenvalue weighted by Crippen LogP contribution is -2.07. The predicted octanol–water partition coefficient (Wildman–Crippen LogP) is 2.51. The molecule has 0 unspecified atom stereocenters. The molecule has 80 valence electrons. The molecule has 0 aromatic heterocycles. The molecule has 0 heterocycles. The van der Waals surface area contributed by atoms with Crippen molar-refractivity contribution in [2.75, 3.05) is 7.11 Å². The molecule has 0 fully saturated rings. The van der Waals surface area contributed by atoms with Gasteiger partial charge in [-0.15, -0.1) is 12.6 Å². The van der Waals surface area contributed by atoms with E-state index in [0.717, 1.165) is 0 Å². The molecule has 0 N–H and O–H groups in total. The van der Waals surface area contributed by atoms with Crippen molar-refractivity contribution in [1.82, 2.24) is 0 Å². The van der Waals surface area contributed by atoms with Crippen LogP contribution in [0.4, 0.5) is 0 Å². The molecule has 1 aromatic rings. The molecule has 0 aliphatic carbocycles. The molecule has 0 saturated carbocycles. The number of halogens is 1. The number of hydrogen-bond donors (Lipinski definition) is 1. The number of carbonyl (C=O) groups is 2. The van der Waals surface area contributed by atoms with E-state index >= 15 is 0 Å². The highest BCUT2D eigenvalue weighted by molar-refractivity contribution is 7.97. The van der Waals surface area contributed by atoms with Crippen LogP contribution >= 0.6 is 24.2 Å². The lowest BCUT2D eigenvalue weighted by atomic mass is 10.1. The van der Waals surface area contributed by atoms with Crippen molar-refractivity contribution in [2.45, 2.75) is 6.92 Å². The van der Waals surface area contributed by atoms with Crippen LogP contribution in [0.1, 0.15) is 26.3 Å². The van der Waals surface area contributed by atoms with Crippen molar-refractivity contribution < 1.29 is 14.3 Å². The van der Waals surface area contributed by atoms with E-state index in [1.54, 1.807) is 13.0 Å². The van der Waals surface area contributed by atoms with Gasteiger partial charge in [-0.05, 0) is 18.6 Å². The Morgan fingerprint density at radius 1 is 1.40 bits per heavy atom. The second-order valence-corrected chi connectivity index (χ2v) is 3.70. The van der Waals surface area contributed by atoms with Crippen LogP contribution in [0, 0.1) is 6.92 Å². The van der Waals surface area contributed by atoms with Crippen molar-refractivity contribution in [3.8, 4) is 0 Å². The first-order valence-corrected chi connectivity index (χ1v) is 4.92. The fourth-order valence-electron chi connectivity index (χ4n) is 1.19. The summed E-state index contributed by atoms with van der Waals surface area (Å²) in [5, 5.41) is -0.396. The number of thiol groups is 1. The number of benzene rings is 1. The van der Waals surface area contributed by atoms with Crippen molar-refractivity contribution >= 4 is 35.3 Å². The molecule has 0 radical (unpaired) electrons. The molecule has 1 rings (SSSR count). The Morgan fingerprint density at radius 3 is 2.47 bits per heavy atom. The monoisotopic (exact) mass is 244 g/mol. The Hall–Kier alpha value is -1.00. The van der Waals surface area contributed by atoms with Gasteiger partial charge in [0, 0.05) is 5.56 Å². The van der Waals surface area contributed by atoms with Gasteiger partial charge in [0.2, 0.25) is 5.12 Å². The SMILES string of the molecule is COC(=O)c1c(C)ccc(C(=O)S)c1Cl. The topological polar surface area (TPSA) is 43.4 Å². The minimum absolute atomic E-state index is 0.0850. The van der Waals surface area contributed by atoms with E-state index in [1.165, 1.54) is 13.2 Å². The van der Waals surface area contributed by atoms with Gasteiger partial charge >= 0.3 is 5.97 Å². The van der Waals surface area contributed by atoms with Gasteiger partial charge in [0.15, 0.2) is 0 Å². The summed E-state index contributed by atoms with van der Waals surface area (Å²) in [6.07, 6.45) is 0. The van der Waals surface area contributed by atoms with Crippen LogP contribution in [0.25, 0.3) is 0 Å². The van der Waals surface area contributed by atoms with Crippen LogP contribution in [-0.4, -0.2) is 18.2 Å². The fourth-order valence-corrected chi connectivity index (χ4v) is 1.82. The van der Waals surface area contributed by atoms with Crippen LogP contribution in [0.2, 0.25) is 5.02 Å². The molecular weight excluding hydrogens is 236 g/mol. The lowest BCUT2D eigenvalue weighted by molar-refractivity contribution is 0.0600. The standard InChI is InChI=1S/C10H9ClO3S/c1-5-3-4-6(10(13)15)8(11)7(5)9(12)14-2/h3-4H,1-2H3,(H,13,15). The van der Waals surface area contributed by atoms with Crippen molar-refractivity contribution in [1.29, 1.82) is 0 Å². The quantitative estimate of drug-likeness (QED) is 0.642. The first-order chi connectivity index (χ1) is 6.99. The Bertz CT molecular complexity index is 429. The van der Waals surface area contributed by atoms with E-state index in [9.17, 15) is 9.59 Å². The lowest BCUT2D eigenvalue weighted by Gasteiger charge is -2.08. The van der Waals surface area contributed by atoms with Gasteiger partial charge in [-0.2, -0.15) is 0 Å². The van der Waals surface area contributed by atoms with Crippen molar-refractivity contribution in [3.63, 3.8) is 0 Å². The number of rotatable bonds is 2. The molecule has 0 spiro atoms. The van der Waals surface area contributed by atoms with Gasteiger partial charge in [-0.25, -0.2) is 4.79 Å². The summed E-state index contributed by atoms with van der Waals surface area (Å²) < 4.78 is 4.57. The maximum Gasteiger partial charge on any atom is 0.339 e. The summed E-state index contributed by atoms with van der Waals surface area (Å²) in [4.78, 5) is 22.5. The highest BCUT2D eigenvalue weighted by atomic mass is 35.5. The van der Waals surface area contributed by atoms with Gasteiger partial charge in [0.05, 0.1) is 17.7 Å². The molecule has 0 aliphatic rings. The number of hydrogen-bond acceptors (Lipinski definition) is 3. The van der Waals surface area contributed by atoms with Crippen LogP contribution in [0.15, 0.2) is 12.1 Å². The minimum Gasteiger partial charge on any atom is -0.465 e. The summed E-state index contributed by atoms with van der Waals surface area (Å²) in [6, 6.07) is 3.15. The molecule has 0 bridgehead atoms. The Balaban J connectivity index is 3.43. The Labute approximate surface area is 97.8 Å². The van der Waals surface area contributed by atoms with Gasteiger partial charge in [-0.1, -0.05) is 17.7 Å². The van der Waals surface area contributed by atoms with Gasteiger partial charge in [-0.3, -0.25) is 4.79 Å². The Kier molecular flexibility index (Phi) is 3.77. The molecule has 0 aliphatic heterocycles. The van der Waals surface area contributed by atoms with E-state index in [-0.39, 0.29) is 16.1 Å². The highest BCUT2D eigenvalue weighted by Gasteiger charge is 2.18. The van der Waals surface area contributed by atoms with Crippen LogP contribution in [-0.2, 0) is 4.74 Å². The molecule has 5 heteroatoms. The van der Waals surface area contributed by atoms with Crippen molar-refractivity contribution in [2.24, 2.45) is 0 Å². The van der Waals surface area contributed by atoms with Crippen LogP contribution in [0.5, 0.6) is 0 Å². The number of aryl methyl sites for hydroxylation is 1. The third-order valence-electron chi connectivity index (χ3n) is 1.97. The normalized spacial score (nSPS) is 9.87. The molecule has 0 amide bonds. The zero-order valence-electron chi connectivity index (χ0n) is 8.20. The van der Waals surface area contributed by atoms with E-state index in [4.69, 9.17) is 11.6 Å². The number of ether oxygens (including phenoxy) is 1. The maximum atomic E-state index is 11.4. The second-order valence-electron chi connectivity index (χ2n) is 2.92. The average Bonchev–Trinajstić information content (AvgIpc) is 2.16. The number of esters is 1. The number of carbonyl (C=O) groups excluding carboxylic acids is 2. The average molecular weight is 245 g/mol. The minimum atomic E-state index is -0.561. The number of methoxy groups -OCH3 is 1. The summed E-state index contributed by atoms with van der Waals surface area (Å²) in [7, 11) is 1.26. The first-order valence-electron chi connectivity index (χ1n) is 4.09. The summed E-state index contributed by atoms with van der Waals surface area (Å²) >= 11 is 9.57. The highest BCUT2D eigenvalue weighted by Crippen LogP contribution is 2.26. The zero-order valence-corrected chi connectivity index (χ0v) is 9.85. The largest absolute Gasteiger partial charge is 0.465 e.